The Morgan fingerprint density at radius 2 is 2.07 bits per heavy atom. The van der Waals surface area contributed by atoms with Crippen LogP contribution < -0.4 is 16.5 Å². The van der Waals surface area contributed by atoms with Crippen molar-refractivity contribution in [3.8, 4) is 5.75 Å². The summed E-state index contributed by atoms with van der Waals surface area (Å²) in [6.45, 7) is 1.67. The molecule has 3 rings (SSSR count). The number of benzene rings is 2. The Labute approximate surface area is 155 Å². The van der Waals surface area contributed by atoms with Crippen molar-refractivity contribution >= 4 is 17.3 Å². The van der Waals surface area contributed by atoms with Gasteiger partial charge in [-0.05, 0) is 43.2 Å². The highest BCUT2D eigenvalue weighted by atomic mass is 19.2. The highest BCUT2D eigenvalue weighted by Crippen LogP contribution is 2.40. The predicted molar refractivity (Wildman–Crippen MR) is 98.4 cm³/mol. The average molecular weight is 374 g/mol. The molecule has 2 aromatic rings. The molecule has 142 valence electrons. The topological polar surface area (TPSA) is 99.7 Å². The molecule has 0 bridgehead atoms. The number of nitrogens with zero attached hydrogens (tertiary/aromatic N) is 1. The Kier molecular flexibility index (Phi) is 5.36. The minimum atomic E-state index is -0.872. The second-order valence-electron chi connectivity index (χ2n) is 6.48. The predicted octanol–water partition coefficient (Wildman–Crippen LogP) is 2.24. The largest absolute Gasteiger partial charge is 0.505 e. The first-order chi connectivity index (χ1) is 12.9. The number of aromatic hydroxyl groups is 1. The number of rotatable bonds is 6. The summed E-state index contributed by atoms with van der Waals surface area (Å²) in [7, 11) is 0. The lowest BCUT2D eigenvalue weighted by Gasteiger charge is -2.07. The van der Waals surface area contributed by atoms with E-state index in [4.69, 9.17) is 5.73 Å². The average Bonchev–Trinajstić information content (AvgIpc) is 3.42. The Morgan fingerprint density at radius 1 is 1.30 bits per heavy atom. The van der Waals surface area contributed by atoms with E-state index in [9.17, 15) is 18.7 Å². The molecule has 0 heterocycles. The van der Waals surface area contributed by atoms with Gasteiger partial charge in [0.25, 0.3) is 5.91 Å². The molecule has 1 fully saturated rings. The quantitative estimate of drug-likeness (QED) is 0.270. The standard InChI is InChI=1S/C19H20F2N4O2/c1-10(12-3-2-4-16(22)19(12)27)24-25-18(26)9-23-17-8-13(17)11-5-6-14(20)15(21)7-11/h2-7,13,17,23,27H,8-9,22H2,1H3,(H,25,26)/b24-10+/t13-,17+/m0/s1. The molecule has 2 aromatic carbocycles. The molecule has 2 atom stereocenters. The van der Waals surface area contributed by atoms with Crippen LogP contribution in [0.3, 0.4) is 0 Å². The molecule has 5 N–H and O–H groups in total. The summed E-state index contributed by atoms with van der Waals surface area (Å²) in [5.74, 6) is -2.12. The number of para-hydroxylation sites is 1. The van der Waals surface area contributed by atoms with E-state index in [1.165, 1.54) is 6.07 Å². The molecule has 0 radical (unpaired) electrons. The number of amides is 1. The molecular formula is C19H20F2N4O2. The highest BCUT2D eigenvalue weighted by Gasteiger charge is 2.38. The van der Waals surface area contributed by atoms with Crippen molar-refractivity contribution in [3.63, 3.8) is 0 Å². The summed E-state index contributed by atoms with van der Waals surface area (Å²) >= 11 is 0. The van der Waals surface area contributed by atoms with Crippen LogP contribution in [0.15, 0.2) is 41.5 Å². The number of phenols is 1. The number of carbonyl (C=O) groups excluding carboxylic acids is 1. The molecule has 1 aliphatic carbocycles. The van der Waals surface area contributed by atoms with Gasteiger partial charge in [0.2, 0.25) is 0 Å². The van der Waals surface area contributed by atoms with E-state index in [0.717, 1.165) is 12.5 Å². The lowest BCUT2D eigenvalue weighted by atomic mass is 10.1. The molecule has 8 heteroatoms. The number of phenolic OH excluding ortho intramolecular Hbond substituents is 1. The van der Waals surface area contributed by atoms with Gasteiger partial charge in [-0.1, -0.05) is 12.1 Å². The van der Waals surface area contributed by atoms with Crippen LogP contribution in [0.5, 0.6) is 5.75 Å². The number of anilines is 1. The first-order valence-corrected chi connectivity index (χ1v) is 8.46. The number of hydrogen-bond donors (Lipinski definition) is 4. The number of hydrogen-bond acceptors (Lipinski definition) is 5. The zero-order valence-electron chi connectivity index (χ0n) is 14.7. The molecule has 1 saturated carbocycles. The van der Waals surface area contributed by atoms with Gasteiger partial charge < -0.3 is 16.2 Å². The lowest BCUT2D eigenvalue weighted by molar-refractivity contribution is -0.120. The maximum atomic E-state index is 13.3. The third-order valence-corrected chi connectivity index (χ3v) is 4.49. The normalized spacial score (nSPS) is 19.0. The zero-order valence-corrected chi connectivity index (χ0v) is 14.7. The van der Waals surface area contributed by atoms with Crippen molar-refractivity contribution in [2.75, 3.05) is 12.3 Å². The monoisotopic (exact) mass is 374 g/mol. The number of nitrogen functional groups attached to an aromatic ring is 1. The molecular weight excluding hydrogens is 354 g/mol. The first-order valence-electron chi connectivity index (χ1n) is 8.46. The van der Waals surface area contributed by atoms with Gasteiger partial charge in [-0.3, -0.25) is 4.79 Å². The highest BCUT2D eigenvalue weighted by molar-refractivity contribution is 6.02. The van der Waals surface area contributed by atoms with Crippen LogP contribution in [-0.4, -0.2) is 29.3 Å². The molecule has 6 nitrogen and oxygen atoms in total. The minimum absolute atomic E-state index is 0.0312. The van der Waals surface area contributed by atoms with Gasteiger partial charge >= 0.3 is 0 Å². The second-order valence-corrected chi connectivity index (χ2v) is 6.48. The van der Waals surface area contributed by atoms with Crippen LogP contribution in [0.2, 0.25) is 0 Å². The van der Waals surface area contributed by atoms with Gasteiger partial charge in [-0.15, -0.1) is 0 Å². The summed E-state index contributed by atoms with van der Waals surface area (Å²) in [4.78, 5) is 11.9. The van der Waals surface area contributed by atoms with Crippen molar-refractivity contribution in [1.29, 1.82) is 0 Å². The number of hydrazone groups is 1. The van der Waals surface area contributed by atoms with E-state index >= 15 is 0 Å². The van der Waals surface area contributed by atoms with Crippen LogP contribution in [0.25, 0.3) is 0 Å². The van der Waals surface area contributed by atoms with Crippen molar-refractivity contribution in [1.82, 2.24) is 10.7 Å². The summed E-state index contributed by atoms with van der Waals surface area (Å²) in [6, 6.07) is 8.76. The number of halogens is 2. The van der Waals surface area contributed by atoms with E-state index in [-0.39, 0.29) is 35.8 Å². The fraction of sp³-hybridized carbons (Fsp3) is 0.263. The smallest absolute Gasteiger partial charge is 0.254 e. The van der Waals surface area contributed by atoms with Gasteiger partial charge in [0.05, 0.1) is 17.9 Å². The van der Waals surface area contributed by atoms with Gasteiger partial charge in [0.15, 0.2) is 11.6 Å². The van der Waals surface area contributed by atoms with Gasteiger partial charge in [0, 0.05) is 17.5 Å². The minimum Gasteiger partial charge on any atom is -0.505 e. The maximum Gasteiger partial charge on any atom is 0.254 e. The van der Waals surface area contributed by atoms with Crippen LogP contribution in [0, 0.1) is 11.6 Å². The van der Waals surface area contributed by atoms with E-state index in [2.05, 4.69) is 15.8 Å². The Balaban J connectivity index is 1.49. The third-order valence-electron chi connectivity index (χ3n) is 4.49. The summed E-state index contributed by atoms with van der Waals surface area (Å²) in [5.41, 5.74) is 9.83. The molecule has 0 unspecified atom stereocenters. The van der Waals surface area contributed by atoms with Crippen molar-refractivity contribution in [2.24, 2.45) is 5.10 Å². The summed E-state index contributed by atoms with van der Waals surface area (Å²) in [6.07, 6.45) is 0.748. The van der Waals surface area contributed by atoms with Crippen LogP contribution in [-0.2, 0) is 4.79 Å². The van der Waals surface area contributed by atoms with Gasteiger partial charge in [-0.25, -0.2) is 14.2 Å². The van der Waals surface area contributed by atoms with Crippen LogP contribution in [0.4, 0.5) is 14.5 Å². The molecule has 0 saturated heterocycles. The number of nitrogens with two attached hydrogens (primary N) is 1. The first kappa shape index (κ1) is 18.8. The molecule has 0 spiro atoms. The summed E-state index contributed by atoms with van der Waals surface area (Å²) < 4.78 is 26.3. The third kappa shape index (κ3) is 4.40. The SMILES string of the molecule is C/C(=N\NC(=O)CN[C@@H]1C[C@H]1c1ccc(F)c(F)c1)c1cccc(N)c1O. The van der Waals surface area contributed by atoms with E-state index in [1.54, 1.807) is 31.2 Å². The summed E-state index contributed by atoms with van der Waals surface area (Å²) in [5, 5.41) is 16.9. The Hall–Kier alpha value is -3.00. The fourth-order valence-electron chi connectivity index (χ4n) is 2.86. The van der Waals surface area contributed by atoms with E-state index < -0.39 is 11.6 Å². The van der Waals surface area contributed by atoms with E-state index in [0.29, 0.717) is 16.8 Å². The van der Waals surface area contributed by atoms with Gasteiger partial charge in [-0.2, -0.15) is 5.10 Å². The molecule has 1 amide bonds. The number of nitrogens with one attached hydrogen (secondary N) is 2. The van der Waals surface area contributed by atoms with Crippen LogP contribution >= 0.6 is 0 Å². The molecule has 1 aliphatic rings. The Morgan fingerprint density at radius 3 is 2.81 bits per heavy atom. The van der Waals surface area contributed by atoms with Gasteiger partial charge in [0.1, 0.15) is 5.75 Å². The van der Waals surface area contributed by atoms with Crippen molar-refractivity contribution < 1.29 is 18.7 Å². The van der Waals surface area contributed by atoms with Crippen molar-refractivity contribution in [3.05, 3.63) is 59.2 Å². The lowest BCUT2D eigenvalue weighted by Crippen LogP contribution is -2.33. The Bertz CT molecular complexity index is 901. The zero-order chi connectivity index (χ0) is 19.6. The molecule has 0 aliphatic heterocycles. The number of carbonyl (C=O) groups is 1. The van der Waals surface area contributed by atoms with Crippen molar-refractivity contribution in [2.45, 2.75) is 25.3 Å². The fourth-order valence-corrected chi connectivity index (χ4v) is 2.86. The maximum absolute atomic E-state index is 13.3. The second kappa shape index (κ2) is 7.71. The molecule has 27 heavy (non-hydrogen) atoms. The van der Waals surface area contributed by atoms with Crippen LogP contribution in [0.1, 0.15) is 30.4 Å². The van der Waals surface area contributed by atoms with E-state index in [1.807, 2.05) is 0 Å². The molecule has 0 aromatic heterocycles.